The Balaban J connectivity index is 1.34. The number of ether oxygens (including phenoxy) is 10. The van der Waals surface area contributed by atoms with Crippen molar-refractivity contribution in [3.8, 4) is 28.7 Å². The Bertz CT molecular complexity index is 1730. The zero-order chi connectivity index (χ0) is 43.1. The lowest BCUT2D eigenvalue weighted by atomic mass is 9.97. The molecule has 59 heavy (non-hydrogen) atoms. The minimum absolute atomic E-state index is 0.0441. The summed E-state index contributed by atoms with van der Waals surface area (Å²) in [6, 6.07) is 7.65. The first-order valence-electron chi connectivity index (χ1n) is 18.6. The van der Waals surface area contributed by atoms with Gasteiger partial charge in [-0.15, -0.1) is 0 Å². The number of carbonyl (C=O) groups excluding carboxylic acids is 1. The second-order valence-electron chi connectivity index (χ2n) is 13.9. The first-order chi connectivity index (χ1) is 28.1. The molecule has 0 spiro atoms. The van der Waals surface area contributed by atoms with Crippen molar-refractivity contribution in [1.82, 2.24) is 0 Å². The summed E-state index contributed by atoms with van der Waals surface area (Å²) in [5, 5.41) is 94.8. The van der Waals surface area contributed by atoms with Gasteiger partial charge in [0.25, 0.3) is 0 Å². The predicted octanol–water partition coefficient (Wildman–Crippen LogP) is -1.43. The van der Waals surface area contributed by atoms with Gasteiger partial charge in [-0.2, -0.15) is 0 Å². The van der Waals surface area contributed by atoms with E-state index in [2.05, 4.69) is 0 Å². The van der Waals surface area contributed by atoms with E-state index in [9.17, 15) is 50.8 Å². The number of phenols is 1. The molecule has 15 atom stereocenters. The molecule has 0 aliphatic carbocycles. The lowest BCUT2D eigenvalue weighted by Gasteiger charge is -2.48. The summed E-state index contributed by atoms with van der Waals surface area (Å²) < 4.78 is 56.7. The molecule has 3 saturated heterocycles. The number of aromatic hydroxyl groups is 1. The van der Waals surface area contributed by atoms with Crippen molar-refractivity contribution >= 4 is 18.1 Å². The zero-order valence-electron chi connectivity index (χ0n) is 32.8. The van der Waals surface area contributed by atoms with Crippen LogP contribution in [-0.4, -0.2) is 179 Å². The monoisotopic (exact) mass is 840 g/mol. The van der Waals surface area contributed by atoms with Crippen LogP contribution in [0.15, 0.2) is 42.5 Å². The van der Waals surface area contributed by atoms with Gasteiger partial charge in [-0.05, 0) is 61.4 Å². The van der Waals surface area contributed by atoms with Crippen LogP contribution in [0.1, 0.15) is 25.0 Å². The standard InChI is InChI=1S/C39H52O20/c1-17-27(43)30(46)33(49)37(54-17)58-35-31(47)28(44)18(2)55-38(35)59-36-32(48)29(45)25(16-40)56-39(36)57-34-23(51-4)14-20(15-24(34)52-5)7-6-12-53-26(42)11-9-19-8-10-21(41)22(13-19)50-3/h6-11,13-15,17-18,25,27-33,35-41,43-49H,12,16H2,1-5H3/b7-6+,11-9+/t17-,18-,25+,27-,28-,29+,30+,31+,32-,33+,35+,36+,37-,38-,39-/m0/s1. The third-order valence-electron chi connectivity index (χ3n) is 9.96. The molecule has 3 heterocycles. The Hall–Kier alpha value is -4.13. The number of benzene rings is 2. The van der Waals surface area contributed by atoms with Crippen molar-refractivity contribution in [1.29, 1.82) is 0 Å². The fraction of sp³-hybridized carbons (Fsp3) is 0.564. The van der Waals surface area contributed by atoms with Crippen molar-refractivity contribution in [2.75, 3.05) is 34.5 Å². The number of phenolic OH excluding ortho intramolecular Hbond substituents is 1. The van der Waals surface area contributed by atoms with Crippen LogP contribution < -0.4 is 18.9 Å². The fourth-order valence-electron chi connectivity index (χ4n) is 6.54. The molecule has 3 aliphatic heterocycles. The van der Waals surface area contributed by atoms with Gasteiger partial charge in [0.15, 0.2) is 41.7 Å². The molecule has 5 rings (SSSR count). The Morgan fingerprint density at radius 2 is 1.22 bits per heavy atom. The molecule has 3 aliphatic rings. The van der Waals surface area contributed by atoms with Crippen LogP contribution in [0, 0.1) is 0 Å². The highest BCUT2D eigenvalue weighted by Crippen LogP contribution is 2.42. The first-order valence-corrected chi connectivity index (χ1v) is 18.6. The smallest absolute Gasteiger partial charge is 0.331 e. The lowest BCUT2D eigenvalue weighted by Crippen LogP contribution is -2.66. The van der Waals surface area contributed by atoms with Gasteiger partial charge >= 0.3 is 5.97 Å². The van der Waals surface area contributed by atoms with E-state index in [4.69, 9.17) is 47.4 Å². The second kappa shape index (κ2) is 20.4. The van der Waals surface area contributed by atoms with Gasteiger partial charge in [0.2, 0.25) is 12.0 Å². The largest absolute Gasteiger partial charge is 0.504 e. The van der Waals surface area contributed by atoms with Crippen LogP contribution in [-0.2, 0) is 33.2 Å². The van der Waals surface area contributed by atoms with Crippen LogP contribution in [0.3, 0.4) is 0 Å². The summed E-state index contributed by atoms with van der Waals surface area (Å²) in [4.78, 5) is 12.3. The van der Waals surface area contributed by atoms with Crippen molar-refractivity contribution < 1.29 is 98.1 Å². The van der Waals surface area contributed by atoms with Gasteiger partial charge in [0, 0.05) is 6.08 Å². The molecule has 3 fully saturated rings. The van der Waals surface area contributed by atoms with Gasteiger partial charge in [-0.1, -0.05) is 12.1 Å². The summed E-state index contributed by atoms with van der Waals surface area (Å²) in [6.45, 7) is 1.95. The first kappa shape index (κ1) is 45.9. The van der Waals surface area contributed by atoms with Gasteiger partial charge in [0.1, 0.15) is 61.5 Å². The molecule has 0 unspecified atom stereocenters. The van der Waals surface area contributed by atoms with Crippen molar-refractivity contribution in [2.24, 2.45) is 0 Å². The molecule has 328 valence electrons. The SMILES string of the molecule is COc1cc(/C=C/C(=O)OC/C=C/c2cc(OC)c(O[C@@H]3O[C@H](CO)[C@@H](O)[C@H](O)[C@H]3O[C@@H]3O[C@@H](C)[C@H](O)[C@@H](O)[C@H]3O[C@@H]3O[C@@H](C)[C@H](O)[C@@H](O)[C@H]3O)c(OC)c2)ccc1O. The average molecular weight is 841 g/mol. The number of aliphatic hydroxyl groups excluding tert-OH is 8. The summed E-state index contributed by atoms with van der Waals surface area (Å²) in [7, 11) is 4.08. The molecular formula is C39H52O20. The number of hydrogen-bond donors (Lipinski definition) is 9. The molecule has 0 amide bonds. The van der Waals surface area contributed by atoms with E-state index in [1.165, 1.54) is 65.5 Å². The van der Waals surface area contributed by atoms with E-state index in [0.717, 1.165) is 0 Å². The highest BCUT2D eigenvalue weighted by molar-refractivity contribution is 5.87. The molecule has 0 saturated carbocycles. The van der Waals surface area contributed by atoms with Gasteiger partial charge < -0.3 is 93.3 Å². The maximum absolute atomic E-state index is 12.3. The number of hydrogen-bond acceptors (Lipinski definition) is 20. The summed E-state index contributed by atoms with van der Waals surface area (Å²) >= 11 is 0. The summed E-state index contributed by atoms with van der Waals surface area (Å²) in [6.07, 6.45) is -17.9. The van der Waals surface area contributed by atoms with Crippen LogP contribution in [0.5, 0.6) is 28.7 Å². The number of rotatable bonds is 15. The molecule has 20 heteroatoms. The Kier molecular flexibility index (Phi) is 15.9. The van der Waals surface area contributed by atoms with E-state index >= 15 is 0 Å². The fourth-order valence-corrected chi connectivity index (χ4v) is 6.54. The van der Waals surface area contributed by atoms with E-state index < -0.39 is 105 Å². The minimum Gasteiger partial charge on any atom is -0.504 e. The molecule has 9 N–H and O–H groups in total. The summed E-state index contributed by atoms with van der Waals surface area (Å²) in [5.41, 5.74) is 1.10. The van der Waals surface area contributed by atoms with Gasteiger partial charge in [-0.3, -0.25) is 0 Å². The van der Waals surface area contributed by atoms with Crippen molar-refractivity contribution in [3.05, 3.63) is 53.6 Å². The van der Waals surface area contributed by atoms with Gasteiger partial charge in [0.05, 0.1) is 40.1 Å². The predicted molar refractivity (Wildman–Crippen MR) is 200 cm³/mol. The number of esters is 1. The normalized spacial score (nSPS) is 35.1. The second-order valence-corrected chi connectivity index (χ2v) is 13.9. The highest BCUT2D eigenvalue weighted by atomic mass is 16.8. The maximum Gasteiger partial charge on any atom is 0.331 e. The Labute approximate surface area is 338 Å². The average Bonchev–Trinajstić information content (AvgIpc) is 3.23. The molecular weight excluding hydrogens is 788 g/mol. The van der Waals surface area contributed by atoms with Gasteiger partial charge in [-0.25, -0.2) is 4.79 Å². The number of carbonyl (C=O) groups is 1. The molecule has 0 radical (unpaired) electrons. The highest BCUT2D eigenvalue weighted by Gasteiger charge is 2.54. The molecule has 2 aromatic rings. The third-order valence-corrected chi connectivity index (χ3v) is 9.96. The maximum atomic E-state index is 12.3. The van der Waals surface area contributed by atoms with Crippen LogP contribution in [0.2, 0.25) is 0 Å². The molecule has 0 bridgehead atoms. The lowest BCUT2D eigenvalue weighted by molar-refractivity contribution is -0.385. The topological polar surface area (TPSA) is 291 Å². The zero-order valence-corrected chi connectivity index (χ0v) is 32.8. The van der Waals surface area contributed by atoms with Crippen molar-refractivity contribution in [3.63, 3.8) is 0 Å². The van der Waals surface area contributed by atoms with Crippen LogP contribution in [0.25, 0.3) is 12.2 Å². The number of methoxy groups -OCH3 is 3. The molecule has 20 nitrogen and oxygen atoms in total. The quantitative estimate of drug-likeness (QED) is 0.0734. The van der Waals surface area contributed by atoms with Crippen LogP contribution in [0.4, 0.5) is 0 Å². The molecule has 0 aromatic heterocycles. The number of aliphatic hydroxyl groups is 8. The minimum atomic E-state index is -1.84. The summed E-state index contributed by atoms with van der Waals surface area (Å²) in [5.74, 6) is -0.348. The van der Waals surface area contributed by atoms with E-state index in [0.29, 0.717) is 11.1 Å². The third kappa shape index (κ3) is 10.6. The van der Waals surface area contributed by atoms with Crippen molar-refractivity contribution in [2.45, 2.75) is 106 Å². The van der Waals surface area contributed by atoms with E-state index in [-0.39, 0.29) is 35.4 Å². The Morgan fingerprint density at radius 1 is 0.661 bits per heavy atom. The molecule has 2 aromatic carbocycles. The Morgan fingerprint density at radius 3 is 1.85 bits per heavy atom. The van der Waals surface area contributed by atoms with E-state index in [1.54, 1.807) is 24.3 Å². The van der Waals surface area contributed by atoms with E-state index in [1.807, 2.05) is 0 Å². The van der Waals surface area contributed by atoms with Crippen LogP contribution >= 0.6 is 0 Å².